The van der Waals surface area contributed by atoms with E-state index in [4.69, 9.17) is 16.2 Å². The van der Waals surface area contributed by atoms with Crippen molar-refractivity contribution in [2.45, 2.75) is 32.2 Å². The fourth-order valence-electron chi connectivity index (χ4n) is 1.64. The van der Waals surface area contributed by atoms with Gasteiger partial charge in [-0.2, -0.15) is 0 Å². The Morgan fingerprint density at radius 3 is 2.44 bits per heavy atom. The fraction of sp³-hybridized carbons (Fsp3) is 0.538. The molecule has 0 amide bonds. The molecule has 0 aliphatic heterocycles. The molecule has 0 aliphatic carbocycles. The molecule has 3 nitrogen and oxygen atoms in total. The van der Waals surface area contributed by atoms with Gasteiger partial charge in [0.15, 0.2) is 0 Å². The maximum Gasteiger partial charge on any atom is 0.123 e. The molecule has 1 aromatic carbocycles. The van der Waals surface area contributed by atoms with Crippen LogP contribution in [-0.2, 0) is 5.54 Å². The minimum absolute atomic E-state index is 0.394. The molecule has 0 aromatic heterocycles. The molecule has 0 aliphatic rings. The van der Waals surface area contributed by atoms with Crippen molar-refractivity contribution in [3.63, 3.8) is 0 Å². The van der Waals surface area contributed by atoms with E-state index in [0.717, 1.165) is 11.3 Å². The second-order valence-corrected chi connectivity index (χ2v) is 4.74. The lowest BCUT2D eigenvalue weighted by atomic mass is 9.89. The van der Waals surface area contributed by atoms with Crippen LogP contribution in [0, 0.1) is 0 Å². The Morgan fingerprint density at radius 2 is 2.00 bits per heavy atom. The summed E-state index contributed by atoms with van der Waals surface area (Å²) in [5.74, 6) is 1.28. The van der Waals surface area contributed by atoms with E-state index in [0.29, 0.717) is 12.5 Å². The Balaban J connectivity index is 3.27. The highest BCUT2D eigenvalue weighted by Crippen LogP contribution is 2.30. The smallest absolute Gasteiger partial charge is 0.123 e. The van der Waals surface area contributed by atoms with E-state index in [1.807, 2.05) is 13.0 Å². The van der Waals surface area contributed by atoms with E-state index >= 15 is 0 Å². The topological polar surface area (TPSA) is 61.3 Å². The van der Waals surface area contributed by atoms with E-state index < -0.39 is 5.54 Å². The predicted octanol–water partition coefficient (Wildman–Crippen LogP) is 1.95. The summed E-state index contributed by atoms with van der Waals surface area (Å²) in [5.41, 5.74) is 13.6. The molecule has 1 aromatic rings. The summed E-state index contributed by atoms with van der Waals surface area (Å²) in [6.45, 7) is 6.63. The number of methoxy groups -OCH3 is 1. The molecule has 0 saturated carbocycles. The van der Waals surface area contributed by atoms with Crippen molar-refractivity contribution >= 4 is 0 Å². The van der Waals surface area contributed by atoms with Crippen molar-refractivity contribution in [1.29, 1.82) is 0 Å². The third-order valence-corrected chi connectivity index (χ3v) is 2.93. The zero-order valence-electron chi connectivity index (χ0n) is 10.6. The lowest BCUT2D eigenvalue weighted by Gasteiger charge is -2.26. The van der Waals surface area contributed by atoms with Crippen molar-refractivity contribution in [2.24, 2.45) is 11.5 Å². The molecule has 90 valence electrons. The first-order chi connectivity index (χ1) is 7.42. The Kier molecular flexibility index (Phi) is 3.94. The summed E-state index contributed by atoms with van der Waals surface area (Å²) < 4.78 is 5.33. The predicted molar refractivity (Wildman–Crippen MR) is 67.7 cm³/mol. The molecule has 0 saturated heterocycles. The van der Waals surface area contributed by atoms with Crippen LogP contribution in [0.25, 0.3) is 0 Å². The quantitative estimate of drug-likeness (QED) is 0.818. The number of hydrogen-bond acceptors (Lipinski definition) is 3. The molecule has 3 heteroatoms. The van der Waals surface area contributed by atoms with E-state index in [-0.39, 0.29) is 0 Å². The molecule has 1 atom stereocenters. The first-order valence-corrected chi connectivity index (χ1v) is 5.59. The second kappa shape index (κ2) is 4.85. The zero-order valence-corrected chi connectivity index (χ0v) is 10.6. The number of ether oxygens (including phenoxy) is 1. The van der Waals surface area contributed by atoms with Gasteiger partial charge in [0.1, 0.15) is 5.75 Å². The molecule has 0 spiro atoms. The first-order valence-electron chi connectivity index (χ1n) is 5.59. The van der Waals surface area contributed by atoms with Gasteiger partial charge in [-0.05, 0) is 30.5 Å². The molecular weight excluding hydrogens is 200 g/mol. The van der Waals surface area contributed by atoms with Crippen LogP contribution in [0.15, 0.2) is 18.2 Å². The Bertz CT molecular complexity index is 359. The van der Waals surface area contributed by atoms with Crippen molar-refractivity contribution in [3.8, 4) is 5.75 Å². The van der Waals surface area contributed by atoms with Crippen LogP contribution in [-0.4, -0.2) is 13.7 Å². The van der Waals surface area contributed by atoms with Crippen molar-refractivity contribution in [1.82, 2.24) is 0 Å². The highest BCUT2D eigenvalue weighted by molar-refractivity contribution is 5.42. The van der Waals surface area contributed by atoms with Crippen LogP contribution in [0.1, 0.15) is 37.8 Å². The highest BCUT2D eigenvalue weighted by Gasteiger charge is 2.24. The van der Waals surface area contributed by atoms with Crippen LogP contribution in [0.5, 0.6) is 5.75 Å². The first kappa shape index (κ1) is 13.0. The molecule has 0 bridgehead atoms. The lowest BCUT2D eigenvalue weighted by molar-refractivity contribution is 0.389. The van der Waals surface area contributed by atoms with Gasteiger partial charge in [-0.15, -0.1) is 0 Å². The van der Waals surface area contributed by atoms with Crippen LogP contribution in [0.4, 0.5) is 0 Å². The summed E-state index contributed by atoms with van der Waals surface area (Å²) in [6, 6.07) is 6.13. The van der Waals surface area contributed by atoms with Crippen LogP contribution in [0.2, 0.25) is 0 Å². The van der Waals surface area contributed by atoms with Gasteiger partial charge >= 0.3 is 0 Å². The van der Waals surface area contributed by atoms with Gasteiger partial charge in [0.25, 0.3) is 0 Å². The lowest BCUT2D eigenvalue weighted by Crippen LogP contribution is -2.41. The maximum atomic E-state index is 6.18. The van der Waals surface area contributed by atoms with Gasteiger partial charge in [-0.25, -0.2) is 0 Å². The van der Waals surface area contributed by atoms with Gasteiger partial charge in [0.05, 0.1) is 12.6 Å². The Labute approximate surface area is 97.8 Å². The zero-order chi connectivity index (χ0) is 12.3. The average Bonchev–Trinajstić information content (AvgIpc) is 2.28. The van der Waals surface area contributed by atoms with Gasteiger partial charge in [-0.3, -0.25) is 0 Å². The molecule has 16 heavy (non-hydrogen) atoms. The van der Waals surface area contributed by atoms with Gasteiger partial charge in [0.2, 0.25) is 0 Å². The SMILES string of the molecule is COc1ccc(C(C)C)cc1C(C)(N)CN. The van der Waals surface area contributed by atoms with Gasteiger partial charge in [0, 0.05) is 12.1 Å². The van der Waals surface area contributed by atoms with E-state index in [2.05, 4.69) is 26.0 Å². The molecule has 1 unspecified atom stereocenters. The molecule has 0 radical (unpaired) electrons. The largest absolute Gasteiger partial charge is 0.496 e. The molecule has 0 heterocycles. The Hall–Kier alpha value is -1.06. The van der Waals surface area contributed by atoms with E-state index in [1.165, 1.54) is 5.56 Å². The Morgan fingerprint density at radius 1 is 1.38 bits per heavy atom. The van der Waals surface area contributed by atoms with Crippen molar-refractivity contribution in [3.05, 3.63) is 29.3 Å². The monoisotopic (exact) mass is 222 g/mol. The summed E-state index contributed by atoms with van der Waals surface area (Å²) in [5, 5.41) is 0. The number of benzene rings is 1. The van der Waals surface area contributed by atoms with E-state index in [9.17, 15) is 0 Å². The third-order valence-electron chi connectivity index (χ3n) is 2.93. The van der Waals surface area contributed by atoms with Crippen LogP contribution < -0.4 is 16.2 Å². The summed E-state index contributed by atoms with van der Waals surface area (Å²) in [4.78, 5) is 0. The summed E-state index contributed by atoms with van der Waals surface area (Å²) in [6.07, 6.45) is 0. The van der Waals surface area contributed by atoms with Crippen LogP contribution >= 0.6 is 0 Å². The molecule has 4 N–H and O–H groups in total. The summed E-state index contributed by atoms with van der Waals surface area (Å²) in [7, 11) is 1.65. The van der Waals surface area contributed by atoms with Crippen molar-refractivity contribution in [2.75, 3.05) is 13.7 Å². The minimum Gasteiger partial charge on any atom is -0.496 e. The average molecular weight is 222 g/mol. The van der Waals surface area contributed by atoms with Crippen molar-refractivity contribution < 1.29 is 4.74 Å². The van der Waals surface area contributed by atoms with Gasteiger partial charge < -0.3 is 16.2 Å². The normalized spacial score (nSPS) is 14.9. The minimum atomic E-state index is -0.545. The number of nitrogens with two attached hydrogens (primary N) is 2. The number of rotatable bonds is 4. The standard InChI is InChI=1S/C13H22N2O/c1-9(2)10-5-6-12(16-4)11(7-10)13(3,15)8-14/h5-7,9H,8,14-15H2,1-4H3. The van der Waals surface area contributed by atoms with E-state index in [1.54, 1.807) is 7.11 Å². The molecular formula is C13H22N2O. The maximum absolute atomic E-state index is 6.18. The van der Waals surface area contributed by atoms with Crippen LogP contribution in [0.3, 0.4) is 0 Å². The van der Waals surface area contributed by atoms with Gasteiger partial charge in [-0.1, -0.05) is 19.9 Å². The third kappa shape index (κ3) is 2.54. The molecule has 1 rings (SSSR count). The highest BCUT2D eigenvalue weighted by atomic mass is 16.5. The second-order valence-electron chi connectivity index (χ2n) is 4.74. The number of hydrogen-bond donors (Lipinski definition) is 2. The summed E-state index contributed by atoms with van der Waals surface area (Å²) >= 11 is 0. The fourth-order valence-corrected chi connectivity index (χ4v) is 1.64. The molecule has 0 fully saturated rings.